The quantitative estimate of drug-likeness (QED) is 0.668. The zero-order chi connectivity index (χ0) is 12.4. The molecule has 0 atom stereocenters. The van der Waals surface area contributed by atoms with Crippen molar-refractivity contribution < 1.29 is 4.42 Å². The number of oxazole rings is 1. The van der Waals surface area contributed by atoms with E-state index in [1.165, 1.54) is 0 Å². The summed E-state index contributed by atoms with van der Waals surface area (Å²) in [5.41, 5.74) is 7.81. The fourth-order valence-electron chi connectivity index (χ4n) is 1.65. The fraction of sp³-hybridized carbons (Fsp3) is 0.182. The van der Waals surface area contributed by atoms with Gasteiger partial charge in [-0.05, 0) is 18.2 Å². The van der Waals surface area contributed by atoms with Crippen LogP contribution in [0.1, 0.15) is 0 Å². The van der Waals surface area contributed by atoms with E-state index in [1.54, 1.807) is 35.3 Å². The molecule has 0 spiro atoms. The molecule has 0 saturated heterocycles. The largest absolute Gasteiger partial charge is 0.424 e. The highest BCUT2D eigenvalue weighted by Gasteiger charge is 2.05. The van der Waals surface area contributed by atoms with Crippen LogP contribution in [0.4, 0.5) is 11.7 Å². The monoisotopic (exact) mass is 244 g/mol. The molecular weight excluding hydrogens is 232 g/mol. The fourth-order valence-corrected chi connectivity index (χ4v) is 1.65. The van der Waals surface area contributed by atoms with Crippen LogP contribution in [-0.4, -0.2) is 26.5 Å². The van der Waals surface area contributed by atoms with Crippen molar-refractivity contribution in [2.24, 2.45) is 0 Å². The summed E-state index contributed by atoms with van der Waals surface area (Å²) in [6.07, 6.45) is 3.44. The standard InChI is InChI=1S/C11H12N6O/c12-8-1-2-10-9(7-8)15-11(18-10)13-3-5-17-6-4-14-16-17/h1-2,4,6-7H,3,5,12H2,(H,13,15). The topological polar surface area (TPSA) is 94.8 Å². The lowest BCUT2D eigenvalue weighted by Crippen LogP contribution is -2.11. The molecule has 7 heteroatoms. The normalized spacial score (nSPS) is 10.9. The van der Waals surface area contributed by atoms with E-state index in [0.717, 1.165) is 5.52 Å². The lowest BCUT2D eigenvalue weighted by atomic mass is 10.3. The van der Waals surface area contributed by atoms with Gasteiger partial charge >= 0.3 is 0 Å². The second-order valence-electron chi connectivity index (χ2n) is 3.84. The van der Waals surface area contributed by atoms with Crippen LogP contribution in [0.5, 0.6) is 0 Å². The molecule has 3 rings (SSSR count). The number of aromatic nitrogens is 4. The maximum absolute atomic E-state index is 5.68. The number of nitrogens with zero attached hydrogens (tertiary/aromatic N) is 4. The average molecular weight is 244 g/mol. The number of hydrogen-bond donors (Lipinski definition) is 2. The van der Waals surface area contributed by atoms with Gasteiger partial charge in [0, 0.05) is 18.4 Å². The molecule has 0 aliphatic heterocycles. The van der Waals surface area contributed by atoms with Gasteiger partial charge in [-0.15, -0.1) is 5.10 Å². The summed E-state index contributed by atoms with van der Waals surface area (Å²) in [5, 5.41) is 10.7. The van der Waals surface area contributed by atoms with Gasteiger partial charge < -0.3 is 15.5 Å². The lowest BCUT2D eigenvalue weighted by molar-refractivity contribution is 0.581. The minimum Gasteiger partial charge on any atom is -0.424 e. The zero-order valence-electron chi connectivity index (χ0n) is 9.58. The van der Waals surface area contributed by atoms with E-state index >= 15 is 0 Å². The predicted molar refractivity (Wildman–Crippen MR) is 66.9 cm³/mol. The third-order valence-electron chi connectivity index (χ3n) is 2.50. The van der Waals surface area contributed by atoms with Gasteiger partial charge in [-0.1, -0.05) is 5.21 Å². The van der Waals surface area contributed by atoms with Gasteiger partial charge in [0.15, 0.2) is 5.58 Å². The molecule has 0 saturated carbocycles. The Balaban J connectivity index is 1.67. The molecule has 0 aliphatic rings. The third-order valence-corrected chi connectivity index (χ3v) is 2.50. The first-order chi connectivity index (χ1) is 8.81. The molecule has 0 bridgehead atoms. The van der Waals surface area contributed by atoms with E-state index in [4.69, 9.17) is 10.2 Å². The molecule has 18 heavy (non-hydrogen) atoms. The van der Waals surface area contributed by atoms with Crippen LogP contribution in [-0.2, 0) is 6.54 Å². The minimum atomic E-state index is 0.482. The Hall–Kier alpha value is -2.57. The molecule has 3 N–H and O–H groups in total. The van der Waals surface area contributed by atoms with Crippen LogP contribution in [0.15, 0.2) is 35.0 Å². The first-order valence-corrected chi connectivity index (χ1v) is 5.55. The van der Waals surface area contributed by atoms with Crippen LogP contribution in [0.3, 0.4) is 0 Å². The molecule has 7 nitrogen and oxygen atoms in total. The summed E-state index contributed by atoms with van der Waals surface area (Å²) < 4.78 is 7.25. The number of benzene rings is 1. The molecule has 3 aromatic rings. The average Bonchev–Trinajstić information content (AvgIpc) is 2.97. The Morgan fingerprint density at radius 2 is 2.33 bits per heavy atom. The number of nitrogens with two attached hydrogens (primary N) is 1. The lowest BCUT2D eigenvalue weighted by Gasteiger charge is -2.00. The Morgan fingerprint density at radius 3 is 3.17 bits per heavy atom. The Kier molecular flexibility index (Phi) is 2.56. The first kappa shape index (κ1) is 10.6. The Bertz CT molecular complexity index is 645. The highest BCUT2D eigenvalue weighted by Crippen LogP contribution is 2.20. The van der Waals surface area contributed by atoms with E-state index < -0.39 is 0 Å². The summed E-state index contributed by atoms with van der Waals surface area (Å²) in [6.45, 7) is 1.35. The first-order valence-electron chi connectivity index (χ1n) is 5.55. The number of nitrogen functional groups attached to an aromatic ring is 1. The molecule has 2 heterocycles. The van der Waals surface area contributed by atoms with Crippen molar-refractivity contribution in [1.82, 2.24) is 20.0 Å². The van der Waals surface area contributed by atoms with E-state index in [9.17, 15) is 0 Å². The highest BCUT2D eigenvalue weighted by molar-refractivity contribution is 5.78. The van der Waals surface area contributed by atoms with Gasteiger partial charge in [0.2, 0.25) is 0 Å². The number of fused-ring (bicyclic) bond motifs is 1. The summed E-state index contributed by atoms with van der Waals surface area (Å²) >= 11 is 0. The second-order valence-corrected chi connectivity index (χ2v) is 3.84. The maximum atomic E-state index is 5.68. The van der Waals surface area contributed by atoms with E-state index in [2.05, 4.69) is 20.6 Å². The smallest absolute Gasteiger partial charge is 0.295 e. The number of anilines is 2. The van der Waals surface area contributed by atoms with E-state index in [1.807, 2.05) is 0 Å². The highest BCUT2D eigenvalue weighted by atomic mass is 16.4. The molecule has 1 aromatic carbocycles. The van der Waals surface area contributed by atoms with Crippen molar-refractivity contribution in [2.45, 2.75) is 6.54 Å². The van der Waals surface area contributed by atoms with E-state index in [-0.39, 0.29) is 0 Å². The van der Waals surface area contributed by atoms with Gasteiger partial charge in [0.25, 0.3) is 6.01 Å². The van der Waals surface area contributed by atoms with Crippen molar-refractivity contribution in [3.05, 3.63) is 30.6 Å². The van der Waals surface area contributed by atoms with Crippen LogP contribution < -0.4 is 11.1 Å². The SMILES string of the molecule is Nc1ccc2oc(NCCn3ccnn3)nc2c1. The number of rotatable bonds is 4. The third kappa shape index (κ3) is 2.10. The number of nitrogens with one attached hydrogen (secondary N) is 1. The zero-order valence-corrected chi connectivity index (χ0v) is 9.58. The van der Waals surface area contributed by atoms with Crippen molar-refractivity contribution in [3.8, 4) is 0 Å². The minimum absolute atomic E-state index is 0.482. The van der Waals surface area contributed by atoms with Crippen LogP contribution >= 0.6 is 0 Å². The molecular formula is C11H12N6O. The summed E-state index contributed by atoms with van der Waals surface area (Å²) in [6, 6.07) is 5.85. The summed E-state index contributed by atoms with van der Waals surface area (Å²) in [5.74, 6) is 0. The molecule has 0 fully saturated rings. The molecule has 2 aromatic heterocycles. The number of hydrogen-bond acceptors (Lipinski definition) is 6. The Morgan fingerprint density at radius 1 is 1.39 bits per heavy atom. The molecule has 0 amide bonds. The molecule has 0 aliphatic carbocycles. The molecule has 0 radical (unpaired) electrons. The van der Waals surface area contributed by atoms with Gasteiger partial charge in [0.05, 0.1) is 12.7 Å². The van der Waals surface area contributed by atoms with Gasteiger partial charge in [0.1, 0.15) is 5.52 Å². The van der Waals surface area contributed by atoms with E-state index in [0.29, 0.717) is 30.4 Å². The van der Waals surface area contributed by atoms with Crippen molar-refractivity contribution in [1.29, 1.82) is 0 Å². The van der Waals surface area contributed by atoms with Crippen LogP contribution in [0.25, 0.3) is 11.1 Å². The van der Waals surface area contributed by atoms with Crippen molar-refractivity contribution >= 4 is 22.8 Å². The second kappa shape index (κ2) is 4.36. The Labute approximate surface area is 103 Å². The predicted octanol–water partition coefficient (Wildman–Crippen LogP) is 1.11. The van der Waals surface area contributed by atoms with Gasteiger partial charge in [-0.3, -0.25) is 4.68 Å². The molecule has 0 unspecified atom stereocenters. The molecule has 92 valence electrons. The summed E-state index contributed by atoms with van der Waals surface area (Å²) in [4.78, 5) is 4.29. The van der Waals surface area contributed by atoms with Crippen molar-refractivity contribution in [2.75, 3.05) is 17.6 Å². The maximum Gasteiger partial charge on any atom is 0.295 e. The van der Waals surface area contributed by atoms with Crippen molar-refractivity contribution in [3.63, 3.8) is 0 Å². The van der Waals surface area contributed by atoms with Gasteiger partial charge in [-0.25, -0.2) is 0 Å². The van der Waals surface area contributed by atoms with Gasteiger partial charge in [-0.2, -0.15) is 4.98 Å². The summed E-state index contributed by atoms with van der Waals surface area (Å²) in [7, 11) is 0. The van der Waals surface area contributed by atoms with Crippen LogP contribution in [0.2, 0.25) is 0 Å². The van der Waals surface area contributed by atoms with Crippen LogP contribution in [0, 0.1) is 0 Å².